The van der Waals surface area contributed by atoms with E-state index in [1.54, 1.807) is 0 Å². The second-order valence-electron chi connectivity index (χ2n) is 5.13. The van der Waals surface area contributed by atoms with Gasteiger partial charge in [0.05, 0.1) is 12.9 Å². The highest BCUT2D eigenvalue weighted by molar-refractivity contribution is 7.46. The van der Waals surface area contributed by atoms with Crippen LogP contribution >= 0.6 is 7.82 Å². The topological polar surface area (TPSA) is 190 Å². The van der Waals surface area contributed by atoms with Crippen molar-refractivity contribution in [2.24, 2.45) is 4.99 Å². The molecule has 6 N–H and O–H groups in total. The van der Waals surface area contributed by atoms with E-state index in [-0.39, 0.29) is 10.8 Å². The molecule has 24 heavy (non-hydrogen) atoms. The lowest BCUT2D eigenvalue weighted by molar-refractivity contribution is -0.0586. The van der Waals surface area contributed by atoms with Crippen molar-refractivity contribution in [3.05, 3.63) is 17.2 Å². The van der Waals surface area contributed by atoms with Gasteiger partial charge in [0.2, 0.25) is 5.88 Å². The number of imidazole rings is 1. The fourth-order valence-electron chi connectivity index (χ4n) is 2.47. The van der Waals surface area contributed by atoms with Gasteiger partial charge in [-0.05, 0) is 0 Å². The van der Waals surface area contributed by atoms with Gasteiger partial charge in [-0.2, -0.15) is 9.69 Å². The highest BCUT2D eigenvalue weighted by atomic mass is 31.2. The van der Waals surface area contributed by atoms with Crippen LogP contribution in [0.3, 0.4) is 0 Å². The molecule has 0 unspecified atom stereocenters. The standard InChI is InChI=1S/C10H15N4O9P/c15-1-4-6(16)7(17)10(22-4)13-2-11-5-8(13)12-3-14(9(5)18)23-24(19,20)21/h2,4,6-7,10,15-18H,1,3H2,(H2,19,20,21)/t4-,6-,7-,10-/m1/s1. The fraction of sp³-hybridized carbons (Fsp3) is 0.600. The Balaban J connectivity index is 1.97. The predicted octanol–water partition coefficient (Wildman–Crippen LogP) is -3.96. The minimum absolute atomic E-state index is 0.0490. The second-order valence-corrected chi connectivity index (χ2v) is 6.27. The Bertz CT molecular complexity index is 791. The number of aromatic nitrogens is 2. The Morgan fingerprint density at radius 2 is 2.08 bits per heavy atom. The smallest absolute Gasteiger partial charge is 0.491 e. The van der Waals surface area contributed by atoms with E-state index in [9.17, 15) is 19.9 Å². The summed E-state index contributed by atoms with van der Waals surface area (Å²) in [6.07, 6.45) is -3.65. The summed E-state index contributed by atoms with van der Waals surface area (Å²) in [5, 5.41) is 39.2. The number of hydroxylamine groups is 2. The average molecular weight is 366 g/mol. The van der Waals surface area contributed by atoms with Gasteiger partial charge in [-0.15, -0.1) is 0 Å². The molecular weight excluding hydrogens is 351 g/mol. The molecule has 0 bridgehead atoms. The minimum atomic E-state index is -4.90. The number of hydrogen-bond acceptors (Lipinski definition) is 10. The maximum atomic E-state index is 10.9. The zero-order valence-corrected chi connectivity index (χ0v) is 12.8. The Kier molecular flexibility index (Phi) is 4.36. The first kappa shape index (κ1) is 17.3. The predicted molar refractivity (Wildman–Crippen MR) is 71.9 cm³/mol. The van der Waals surface area contributed by atoms with E-state index in [2.05, 4.69) is 14.6 Å². The monoisotopic (exact) mass is 366 g/mol. The van der Waals surface area contributed by atoms with Gasteiger partial charge in [0, 0.05) is 0 Å². The van der Waals surface area contributed by atoms with E-state index in [1.165, 1.54) is 4.57 Å². The van der Waals surface area contributed by atoms with Crippen molar-refractivity contribution in [3.8, 4) is 0 Å². The van der Waals surface area contributed by atoms with E-state index in [1.807, 2.05) is 0 Å². The molecule has 14 heteroatoms. The third-order valence-electron chi connectivity index (χ3n) is 3.56. The van der Waals surface area contributed by atoms with Crippen LogP contribution in [-0.4, -0.2) is 76.4 Å². The molecule has 1 aromatic heterocycles. The fourth-order valence-corrected chi connectivity index (χ4v) is 2.86. The summed E-state index contributed by atoms with van der Waals surface area (Å²) in [6.45, 7) is -0.964. The molecule has 0 aliphatic carbocycles. The largest absolute Gasteiger partial charge is 0.492 e. The summed E-state index contributed by atoms with van der Waals surface area (Å²) in [6, 6.07) is 0. The van der Waals surface area contributed by atoms with E-state index >= 15 is 0 Å². The summed E-state index contributed by atoms with van der Waals surface area (Å²) >= 11 is 0. The molecule has 0 aromatic carbocycles. The van der Waals surface area contributed by atoms with Gasteiger partial charge in [0.15, 0.2) is 17.1 Å². The Morgan fingerprint density at radius 1 is 1.38 bits per heavy atom. The molecule has 2 aliphatic rings. The Hall–Kier alpha value is -1.57. The van der Waals surface area contributed by atoms with Crippen LogP contribution in [0, 0.1) is 0 Å². The Labute approximate surface area is 133 Å². The number of rotatable bonds is 4. The van der Waals surface area contributed by atoms with Gasteiger partial charge in [-0.1, -0.05) is 0 Å². The molecule has 13 nitrogen and oxygen atoms in total. The second kappa shape index (κ2) is 6.06. The van der Waals surface area contributed by atoms with Crippen molar-refractivity contribution >= 4 is 13.7 Å². The SMILES string of the molecule is O=P(O)(O)ON1CN=c2c(ncn2[C@@H]2O[C@H](CO)[C@@H](O)[C@H]2O)=C1O. The molecule has 2 aliphatic heterocycles. The van der Waals surface area contributed by atoms with Crippen LogP contribution < -0.4 is 10.8 Å². The molecule has 0 amide bonds. The lowest BCUT2D eigenvalue weighted by Gasteiger charge is -2.22. The quantitative estimate of drug-likeness (QED) is 0.285. The number of phosphoric acid groups is 1. The number of aliphatic hydroxyl groups is 4. The molecule has 1 saturated heterocycles. The summed E-state index contributed by atoms with van der Waals surface area (Å²) in [5.74, 6) is -0.686. The summed E-state index contributed by atoms with van der Waals surface area (Å²) in [7, 11) is -4.90. The summed E-state index contributed by atoms with van der Waals surface area (Å²) in [4.78, 5) is 25.4. The van der Waals surface area contributed by atoms with Gasteiger partial charge in [-0.3, -0.25) is 4.57 Å². The zero-order valence-electron chi connectivity index (χ0n) is 11.9. The molecular formula is C10H15N4O9P. The van der Waals surface area contributed by atoms with Gasteiger partial charge in [0.25, 0.3) is 0 Å². The highest BCUT2D eigenvalue weighted by Gasteiger charge is 2.44. The molecule has 0 spiro atoms. The van der Waals surface area contributed by atoms with Crippen LogP contribution in [0.15, 0.2) is 11.3 Å². The van der Waals surface area contributed by atoms with Crippen LogP contribution in [-0.2, 0) is 13.9 Å². The summed E-state index contributed by atoms with van der Waals surface area (Å²) < 4.78 is 21.7. The van der Waals surface area contributed by atoms with Crippen LogP contribution in [0.4, 0.5) is 0 Å². The highest BCUT2D eigenvalue weighted by Crippen LogP contribution is 2.38. The third kappa shape index (κ3) is 2.92. The molecule has 0 radical (unpaired) electrons. The lowest BCUT2D eigenvalue weighted by Crippen LogP contribution is -2.44. The molecule has 3 rings (SSSR count). The van der Waals surface area contributed by atoms with Crippen LogP contribution in [0.1, 0.15) is 6.23 Å². The van der Waals surface area contributed by atoms with Crippen molar-refractivity contribution in [1.29, 1.82) is 0 Å². The van der Waals surface area contributed by atoms with Crippen LogP contribution in [0.5, 0.6) is 0 Å². The zero-order chi connectivity index (χ0) is 17.6. The molecule has 1 aromatic rings. The number of aliphatic hydroxyl groups excluding tert-OH is 4. The van der Waals surface area contributed by atoms with Gasteiger partial charge >= 0.3 is 7.82 Å². The average Bonchev–Trinajstić information content (AvgIpc) is 3.04. The maximum Gasteiger partial charge on any atom is 0.491 e. The number of ether oxygens (including phenoxy) is 1. The van der Waals surface area contributed by atoms with Crippen molar-refractivity contribution in [2.75, 3.05) is 13.3 Å². The van der Waals surface area contributed by atoms with Gasteiger partial charge < -0.3 is 34.9 Å². The van der Waals surface area contributed by atoms with E-state index in [0.29, 0.717) is 5.06 Å². The molecule has 134 valence electrons. The van der Waals surface area contributed by atoms with Crippen molar-refractivity contribution in [1.82, 2.24) is 14.6 Å². The van der Waals surface area contributed by atoms with Crippen molar-refractivity contribution < 1.29 is 44.1 Å². The first-order valence-electron chi connectivity index (χ1n) is 6.69. The van der Waals surface area contributed by atoms with Crippen LogP contribution in [0.2, 0.25) is 0 Å². The van der Waals surface area contributed by atoms with Gasteiger partial charge in [0.1, 0.15) is 25.0 Å². The Morgan fingerprint density at radius 3 is 2.67 bits per heavy atom. The number of hydrogen-bond donors (Lipinski definition) is 6. The lowest BCUT2D eigenvalue weighted by atomic mass is 10.1. The maximum absolute atomic E-state index is 10.9. The van der Waals surface area contributed by atoms with E-state index in [0.717, 1.165) is 6.33 Å². The summed E-state index contributed by atoms with van der Waals surface area (Å²) in [5.41, 5.74) is 0.0490. The molecule has 4 atom stereocenters. The molecule has 3 heterocycles. The normalized spacial score (nSPS) is 30.4. The molecule has 1 fully saturated rings. The first-order chi connectivity index (χ1) is 11.2. The molecule has 0 saturated carbocycles. The van der Waals surface area contributed by atoms with Crippen molar-refractivity contribution in [2.45, 2.75) is 24.5 Å². The first-order valence-corrected chi connectivity index (χ1v) is 8.22. The third-order valence-corrected chi connectivity index (χ3v) is 3.97. The van der Waals surface area contributed by atoms with Crippen LogP contribution in [0.25, 0.3) is 5.88 Å². The van der Waals surface area contributed by atoms with E-state index in [4.69, 9.17) is 19.6 Å². The number of fused-ring (bicyclic) bond motifs is 1. The number of nitrogens with zero attached hydrogens (tertiary/aromatic N) is 4. The minimum Gasteiger partial charge on any atom is -0.492 e. The van der Waals surface area contributed by atoms with Gasteiger partial charge in [-0.25, -0.2) is 14.5 Å². The van der Waals surface area contributed by atoms with Crippen molar-refractivity contribution in [3.63, 3.8) is 0 Å². The van der Waals surface area contributed by atoms with E-state index < -0.39 is 51.5 Å².